The summed E-state index contributed by atoms with van der Waals surface area (Å²) in [6.45, 7) is 13.1. The SMILES string of the molecule is CCCCN(CCCC)c1ccc(CNCC2CCC(NC(=O)c3cccc4ccccc34)CC2)cc1.NCC1CCC(NC(=O)c2cccc3ccccc23)CC1.[B]C(=O)NCC1CCC(C(=O)O)CC1.[B]C(=O)NCC1CCC(N)CC1.[B]C(=O)NCC1CCC(N)CC1.[B]C(=O)NCC1CCC(NC(=O)OCc2ccccc2)CC1.[B]C(=O)NCC1CCC(NC(=O)c2cccc3ccccc23)CC1. The fourth-order valence-electron chi connectivity index (χ4n) is 20.0. The van der Waals surface area contributed by atoms with Gasteiger partial charge in [0.2, 0.25) is 0 Å². The molecule has 7 aliphatic rings. The number of aliphatic carboxylic acids is 1. The van der Waals surface area contributed by atoms with Gasteiger partial charge in [0.1, 0.15) is 6.61 Å². The second kappa shape index (κ2) is 63.9. The molecule has 754 valence electrons. The average Bonchev–Trinajstić information content (AvgIpc) is 0.819. The summed E-state index contributed by atoms with van der Waals surface area (Å²) in [6, 6.07) is 62.2. The largest absolute Gasteiger partial charge is 0.481 e. The summed E-state index contributed by atoms with van der Waals surface area (Å²) in [5, 5.41) is 44.4. The van der Waals surface area contributed by atoms with Crippen LogP contribution in [0.25, 0.3) is 32.3 Å². The van der Waals surface area contributed by atoms with Crippen molar-refractivity contribution in [3.63, 3.8) is 0 Å². The zero-order valence-electron chi connectivity index (χ0n) is 83.8. The number of anilines is 1. The summed E-state index contributed by atoms with van der Waals surface area (Å²) in [7, 11) is 25.0. The molecule has 9 amide bonds. The van der Waals surface area contributed by atoms with E-state index in [1.807, 2.05) is 146 Å². The maximum Gasteiger partial charge on any atom is 0.407 e. The molecule has 26 nitrogen and oxygen atoms in total. The number of carboxylic acid groups (broad SMARTS) is 1. The molecule has 15 rings (SSSR count). The number of hydrogen-bond acceptors (Lipinski definition) is 16. The highest BCUT2D eigenvalue weighted by Gasteiger charge is 2.31. The quantitative estimate of drug-likeness (QED) is 0.0174. The van der Waals surface area contributed by atoms with Crippen molar-refractivity contribution in [2.24, 2.45) is 64.5 Å². The van der Waals surface area contributed by atoms with Crippen molar-refractivity contribution in [3.8, 4) is 0 Å². The Bertz CT molecular complexity index is 5070. The van der Waals surface area contributed by atoms with Gasteiger partial charge in [0.25, 0.3) is 17.7 Å². The van der Waals surface area contributed by atoms with Crippen molar-refractivity contribution in [2.75, 3.05) is 63.8 Å². The van der Waals surface area contributed by atoms with E-state index in [4.69, 9.17) is 66.3 Å². The zero-order chi connectivity index (χ0) is 102. The number of carbonyl (C=O) groups excluding carboxylic acids is 9. The van der Waals surface area contributed by atoms with Gasteiger partial charge in [0.05, 0.1) is 5.92 Å². The molecular formula is C111H153B5N14O12. The minimum Gasteiger partial charge on any atom is -0.481 e. The van der Waals surface area contributed by atoms with Crippen LogP contribution in [0.2, 0.25) is 0 Å². The van der Waals surface area contributed by atoms with E-state index in [1.165, 1.54) is 36.9 Å². The summed E-state index contributed by atoms with van der Waals surface area (Å²) >= 11 is 0. The molecule has 10 radical (unpaired) electrons. The van der Waals surface area contributed by atoms with Gasteiger partial charge in [-0.3, -0.25) is 43.2 Å². The normalized spacial score (nSPS) is 22.2. The number of carbonyl (C=O) groups is 10. The fraction of sp³-hybridized carbons (Fsp3) is 0.532. The number of nitrogens with two attached hydrogens (primary N) is 3. The van der Waals surface area contributed by atoms with Crippen LogP contribution < -0.4 is 75.3 Å². The van der Waals surface area contributed by atoms with Crippen LogP contribution in [0.3, 0.4) is 0 Å². The van der Waals surface area contributed by atoms with Crippen LogP contribution in [0.4, 0.5) is 34.5 Å². The van der Waals surface area contributed by atoms with Crippen LogP contribution in [0.5, 0.6) is 0 Å². The van der Waals surface area contributed by atoms with E-state index in [0.29, 0.717) is 105 Å². The van der Waals surface area contributed by atoms with Crippen molar-refractivity contribution in [1.29, 1.82) is 0 Å². The van der Waals surface area contributed by atoms with Crippen molar-refractivity contribution < 1.29 is 57.8 Å². The summed E-state index contributed by atoms with van der Waals surface area (Å²) in [5.41, 5.74) is 23.2. The third-order valence-electron chi connectivity index (χ3n) is 28.8. The zero-order valence-corrected chi connectivity index (χ0v) is 83.8. The second-order valence-corrected chi connectivity index (χ2v) is 39.6. The maximum absolute atomic E-state index is 13.0. The molecule has 0 unspecified atom stereocenters. The number of nitrogens with zero attached hydrogens (tertiary/aromatic N) is 1. The first-order chi connectivity index (χ1) is 68.7. The van der Waals surface area contributed by atoms with Gasteiger partial charge in [-0.1, -0.05) is 178 Å². The molecule has 7 saturated carbocycles. The topological polar surface area (TPSA) is 402 Å². The molecule has 0 spiro atoms. The van der Waals surface area contributed by atoms with Crippen LogP contribution >= 0.6 is 0 Å². The van der Waals surface area contributed by atoms with Gasteiger partial charge in [-0.15, -0.1) is 0 Å². The van der Waals surface area contributed by atoms with Crippen LogP contribution in [-0.2, 0) is 22.7 Å². The van der Waals surface area contributed by atoms with Gasteiger partial charge in [-0.25, -0.2) is 4.79 Å². The van der Waals surface area contributed by atoms with Crippen LogP contribution in [-0.4, -0.2) is 198 Å². The lowest BCUT2D eigenvalue weighted by molar-refractivity contribution is -0.143. The predicted molar refractivity (Wildman–Crippen MR) is 575 cm³/mol. The number of carboxylic acids is 1. The van der Waals surface area contributed by atoms with Crippen LogP contribution in [0.1, 0.15) is 262 Å². The molecular weight excluding hydrogens is 1780 g/mol. The Hall–Kier alpha value is -11.0. The molecule has 142 heavy (non-hydrogen) atoms. The first kappa shape index (κ1) is 115. The summed E-state index contributed by atoms with van der Waals surface area (Å²) in [6.07, 6.45) is 32.8. The van der Waals surface area contributed by atoms with Crippen molar-refractivity contribution in [3.05, 3.63) is 210 Å². The molecule has 17 N–H and O–H groups in total. The molecule has 31 heteroatoms. The Kier molecular flexibility index (Phi) is 51.6. The molecule has 0 heterocycles. The van der Waals surface area contributed by atoms with Crippen molar-refractivity contribution >= 4 is 136 Å². The highest BCUT2D eigenvalue weighted by molar-refractivity contribution is 6.58. The summed E-state index contributed by atoms with van der Waals surface area (Å²) < 4.78 is 5.21. The Labute approximate surface area is 848 Å². The number of ether oxygens (including phenoxy) is 1. The fourth-order valence-corrected chi connectivity index (χ4v) is 20.0. The lowest BCUT2D eigenvalue weighted by Gasteiger charge is -2.29. The predicted octanol–water partition coefficient (Wildman–Crippen LogP) is 17.3. The van der Waals surface area contributed by atoms with E-state index in [2.05, 4.69) is 108 Å². The smallest absolute Gasteiger partial charge is 0.407 e. The highest BCUT2D eigenvalue weighted by atomic mass is 16.5. The van der Waals surface area contributed by atoms with E-state index in [1.54, 1.807) is 0 Å². The minimum absolute atomic E-state index is 0.00879. The molecule has 0 atom stereocenters. The Morgan fingerprint density at radius 3 is 0.958 bits per heavy atom. The summed E-state index contributed by atoms with van der Waals surface area (Å²) in [4.78, 5) is 116. The lowest BCUT2D eigenvalue weighted by atomic mass is 9.82. The number of amides is 9. The molecule has 0 saturated heterocycles. The number of rotatable bonds is 32. The van der Waals surface area contributed by atoms with E-state index >= 15 is 0 Å². The third kappa shape index (κ3) is 42.9. The van der Waals surface area contributed by atoms with Gasteiger partial charge >= 0.3 is 12.1 Å². The number of benzene rings is 8. The van der Waals surface area contributed by atoms with Crippen LogP contribution in [0.15, 0.2) is 182 Å². The third-order valence-corrected chi connectivity index (χ3v) is 28.8. The van der Waals surface area contributed by atoms with Crippen LogP contribution in [0, 0.1) is 47.3 Å². The van der Waals surface area contributed by atoms with E-state index in [9.17, 15) is 47.9 Å². The molecule has 0 aliphatic heterocycles. The molecule has 8 aromatic carbocycles. The molecule has 7 aliphatic carbocycles. The first-order valence-corrected chi connectivity index (χ1v) is 52.2. The maximum atomic E-state index is 13.0. The molecule has 0 aromatic heterocycles. The Morgan fingerprint density at radius 2 is 0.634 bits per heavy atom. The second-order valence-electron chi connectivity index (χ2n) is 39.6. The average molecular weight is 1930 g/mol. The van der Waals surface area contributed by atoms with Gasteiger partial charge in [0.15, 0.2) is 68.3 Å². The Balaban J connectivity index is 0.000000192. The van der Waals surface area contributed by atoms with Gasteiger partial charge in [-0.2, -0.15) is 0 Å². The number of nitrogens with one attached hydrogen (secondary N) is 10. The Morgan fingerprint density at radius 1 is 0.338 bits per heavy atom. The van der Waals surface area contributed by atoms with Crippen molar-refractivity contribution in [2.45, 2.75) is 269 Å². The highest BCUT2D eigenvalue weighted by Crippen LogP contribution is 2.33. The molecule has 8 aromatic rings. The molecule has 0 bridgehead atoms. The van der Waals surface area contributed by atoms with Gasteiger partial charge in [0, 0.05) is 111 Å². The standard InChI is InChI=1S/C33H45N3O.C19H21BN2O2.C18H22N2O.C16H21BN2O3.C9H14BNO3.2C8H15BN2O/c1-3-5-22-36(23-6-4-2)30-20-16-27(17-21-30)25-34-24-26-14-18-29(19-15-26)35-33(37)32-13-9-11-28-10-7-8-12-31(28)32;20-19(24)21-12-13-8-10-15(11-9-13)22-18(23)17-7-3-5-14-4-1-2-6-16(14)17;19-12-13-8-10-15(11-9-13)20-18(21)17-7-3-5-14-4-1-2-6-16(14)17;17-15(20)18-10-12-6-8-14(9-7-12)19-16(21)22-11-13-4-2-1-3-5-13;10-9(14)11-5-6-1-3-7(4-2-6)8(12)13;2*9-8(12)11-5-6-1-3-7(10)4-2-6/h7-13,16-17,20-21,26,29,34H,3-6,14-15,18-19,22-25H2,1-2H3,(H,35,37);1-7,13,15H,8-12H2,(H,21,24)(H,22,23);1-7,13,15H,8-12,19H2,(H,20,21);1-5,12,14H,6-11H2,(H,18,20)(H,19,21);6-7H,1-5H2,(H,11,14)(H,12,13);2*6-7H,1-5,10H2,(H,11,12). The first-order valence-electron chi connectivity index (χ1n) is 52.2. The number of alkyl carbamates (subject to hydrolysis) is 1. The lowest BCUT2D eigenvalue weighted by Crippen LogP contribution is -2.39. The number of unbranched alkanes of at least 4 members (excludes halogenated alkanes) is 2. The number of hydrogen-bond donors (Lipinski definition) is 14. The monoisotopic (exact) mass is 1930 g/mol. The summed E-state index contributed by atoms with van der Waals surface area (Å²) in [5.74, 6) is 0.636. The number of fused-ring (bicyclic) bond motifs is 3. The van der Waals surface area contributed by atoms with E-state index in [0.717, 1.165) is 254 Å². The van der Waals surface area contributed by atoms with Crippen molar-refractivity contribution in [1.82, 2.24) is 53.2 Å². The van der Waals surface area contributed by atoms with E-state index in [-0.39, 0.29) is 54.5 Å². The van der Waals surface area contributed by atoms with Gasteiger partial charge in [-0.05, 0) is 321 Å². The van der Waals surface area contributed by atoms with E-state index < -0.39 is 35.0 Å². The minimum atomic E-state index is -0.702. The van der Waals surface area contributed by atoms with Gasteiger partial charge < -0.3 is 85.1 Å². The molecule has 7 fully saturated rings.